The summed E-state index contributed by atoms with van der Waals surface area (Å²) in [5.41, 5.74) is 1.72. The number of nitrogens with zero attached hydrogens (tertiary/aromatic N) is 5. The molecule has 1 N–H and O–H groups in total. The fraction of sp³-hybridized carbons (Fsp3) is 0.455. The largest absolute Gasteiger partial charge is 0.378 e. The first-order chi connectivity index (χ1) is 15.7. The third kappa shape index (κ3) is 6.73. The highest BCUT2D eigenvalue weighted by Gasteiger charge is 2.17. The second kappa shape index (κ2) is 11.2. The molecular weight excluding hydrogens is 444 g/mol. The standard InChI is InChI=1S/C22H30N6O4S/c1-16(33(30)31)19-15-20(28-11-13-32-14-12-28)25-21(24-19)17-5-7-18(8-6-17)23-22(29)27(4)10-9-26(2)3/h5-8,15H,9-14H2,1-4H3,(H,23,29). The molecule has 0 spiro atoms. The van der Waals surface area contributed by atoms with Crippen LogP contribution in [0.4, 0.5) is 16.3 Å². The van der Waals surface area contributed by atoms with Crippen LogP contribution in [0.2, 0.25) is 0 Å². The van der Waals surface area contributed by atoms with Crippen LogP contribution in [-0.2, 0) is 15.0 Å². The average molecular weight is 475 g/mol. The molecule has 0 bridgehead atoms. The first kappa shape index (κ1) is 24.6. The van der Waals surface area contributed by atoms with E-state index in [4.69, 9.17) is 4.74 Å². The summed E-state index contributed by atoms with van der Waals surface area (Å²) in [7, 11) is 3.28. The molecule has 2 amide bonds. The molecular formula is C22H30N6O4S. The summed E-state index contributed by atoms with van der Waals surface area (Å²) in [6, 6.07) is 8.67. The molecule has 1 aromatic carbocycles. The van der Waals surface area contributed by atoms with Gasteiger partial charge in [0.05, 0.1) is 23.8 Å². The van der Waals surface area contributed by atoms with E-state index in [2.05, 4.69) is 20.2 Å². The molecule has 0 aliphatic carbocycles. The normalized spacial score (nSPS) is 13.7. The van der Waals surface area contributed by atoms with E-state index in [0.29, 0.717) is 55.9 Å². The zero-order valence-electron chi connectivity index (χ0n) is 19.4. The lowest BCUT2D eigenvalue weighted by molar-refractivity contribution is 0.122. The van der Waals surface area contributed by atoms with Gasteiger partial charge in [0.25, 0.3) is 0 Å². The van der Waals surface area contributed by atoms with Crippen molar-refractivity contribution in [3.8, 4) is 11.4 Å². The Hall–Kier alpha value is -3.02. The van der Waals surface area contributed by atoms with Gasteiger partial charge in [-0.25, -0.2) is 14.8 Å². The van der Waals surface area contributed by atoms with Gasteiger partial charge in [-0.3, -0.25) is 0 Å². The number of morpholine rings is 1. The molecule has 1 saturated heterocycles. The third-order valence-electron chi connectivity index (χ3n) is 5.28. The molecule has 2 heterocycles. The molecule has 1 fully saturated rings. The van der Waals surface area contributed by atoms with Gasteiger partial charge in [0.1, 0.15) is 5.82 Å². The van der Waals surface area contributed by atoms with Gasteiger partial charge in [0.15, 0.2) is 5.82 Å². The van der Waals surface area contributed by atoms with E-state index in [9.17, 15) is 13.2 Å². The Labute approximate surface area is 195 Å². The van der Waals surface area contributed by atoms with Crippen molar-refractivity contribution in [2.45, 2.75) is 6.92 Å². The number of nitrogens with one attached hydrogen (secondary N) is 1. The molecule has 11 heteroatoms. The van der Waals surface area contributed by atoms with E-state index in [0.717, 1.165) is 12.1 Å². The second-order valence-corrected chi connectivity index (χ2v) is 9.14. The summed E-state index contributed by atoms with van der Waals surface area (Å²) in [5.74, 6) is 1.07. The monoisotopic (exact) mass is 474 g/mol. The SMILES string of the molecule is CC(c1cc(N2CCOCC2)nc(-c2ccc(NC(=O)N(C)CCN(C)C)cc2)n1)=S(=O)=O. The number of ether oxygens (including phenoxy) is 1. The van der Waals surface area contributed by atoms with Crippen LogP contribution < -0.4 is 10.2 Å². The minimum atomic E-state index is -2.38. The average Bonchev–Trinajstić information content (AvgIpc) is 2.82. The molecule has 0 atom stereocenters. The molecule has 33 heavy (non-hydrogen) atoms. The Balaban J connectivity index is 1.84. The van der Waals surface area contributed by atoms with Gasteiger partial charge in [0.2, 0.25) is 10.3 Å². The lowest BCUT2D eigenvalue weighted by atomic mass is 10.2. The Morgan fingerprint density at radius 2 is 1.76 bits per heavy atom. The summed E-state index contributed by atoms with van der Waals surface area (Å²) < 4.78 is 28.5. The van der Waals surface area contributed by atoms with Crippen molar-refractivity contribution < 1.29 is 17.9 Å². The molecule has 0 unspecified atom stereocenters. The zero-order chi connectivity index (χ0) is 24.0. The Bertz CT molecular complexity index is 1100. The number of anilines is 2. The van der Waals surface area contributed by atoms with Crippen LogP contribution in [0.15, 0.2) is 30.3 Å². The Morgan fingerprint density at radius 1 is 1.09 bits per heavy atom. The molecule has 1 aliphatic heterocycles. The highest BCUT2D eigenvalue weighted by Crippen LogP contribution is 2.23. The Kier molecular flexibility index (Phi) is 8.37. The minimum absolute atomic E-state index is 0.151. The lowest BCUT2D eigenvalue weighted by Crippen LogP contribution is -2.37. The van der Waals surface area contributed by atoms with Gasteiger partial charge < -0.3 is 24.8 Å². The van der Waals surface area contributed by atoms with E-state index in [1.54, 1.807) is 42.3 Å². The van der Waals surface area contributed by atoms with Gasteiger partial charge >= 0.3 is 6.03 Å². The van der Waals surface area contributed by atoms with Crippen LogP contribution in [0.3, 0.4) is 0 Å². The van der Waals surface area contributed by atoms with E-state index in [-0.39, 0.29) is 10.9 Å². The summed E-state index contributed by atoms with van der Waals surface area (Å²) in [6.07, 6.45) is 0. The Morgan fingerprint density at radius 3 is 2.36 bits per heavy atom. The molecule has 10 nitrogen and oxygen atoms in total. The van der Waals surface area contributed by atoms with Crippen LogP contribution in [0.25, 0.3) is 11.4 Å². The number of carbonyl (C=O) groups excluding carboxylic acids is 1. The summed E-state index contributed by atoms with van der Waals surface area (Å²) in [6.45, 7) is 5.41. The molecule has 0 radical (unpaired) electrons. The van der Waals surface area contributed by atoms with E-state index >= 15 is 0 Å². The molecule has 1 aromatic heterocycles. The number of amides is 2. The summed E-state index contributed by atoms with van der Waals surface area (Å²) >= 11 is 0. The zero-order valence-corrected chi connectivity index (χ0v) is 20.2. The predicted octanol–water partition coefficient (Wildman–Crippen LogP) is 1.43. The quantitative estimate of drug-likeness (QED) is 0.474. The number of hydrogen-bond donors (Lipinski definition) is 1. The summed E-state index contributed by atoms with van der Waals surface area (Å²) in [4.78, 5) is 27.4. The number of carbonyl (C=O) groups is 1. The van der Waals surface area contributed by atoms with Gasteiger partial charge in [-0.15, -0.1) is 0 Å². The fourth-order valence-electron chi connectivity index (χ4n) is 3.16. The molecule has 0 saturated carbocycles. The van der Waals surface area contributed by atoms with Crippen molar-refractivity contribution in [1.29, 1.82) is 0 Å². The number of rotatable bonds is 7. The maximum atomic E-state index is 12.4. The topological polar surface area (TPSA) is 108 Å². The van der Waals surface area contributed by atoms with Crippen molar-refractivity contribution in [1.82, 2.24) is 19.8 Å². The van der Waals surface area contributed by atoms with Crippen LogP contribution in [0, 0.1) is 0 Å². The highest BCUT2D eigenvalue weighted by atomic mass is 32.2. The van der Waals surface area contributed by atoms with Crippen molar-refractivity contribution in [2.24, 2.45) is 0 Å². The second-order valence-electron chi connectivity index (χ2n) is 8.06. The smallest absolute Gasteiger partial charge is 0.321 e. The maximum Gasteiger partial charge on any atom is 0.321 e. The van der Waals surface area contributed by atoms with Crippen LogP contribution >= 0.6 is 0 Å². The molecule has 3 rings (SSSR count). The lowest BCUT2D eigenvalue weighted by Gasteiger charge is -2.28. The van der Waals surface area contributed by atoms with Gasteiger partial charge in [-0.1, -0.05) is 0 Å². The van der Waals surface area contributed by atoms with Crippen molar-refractivity contribution in [3.63, 3.8) is 0 Å². The minimum Gasteiger partial charge on any atom is -0.378 e. The van der Waals surface area contributed by atoms with Gasteiger partial charge in [0, 0.05) is 50.5 Å². The fourth-order valence-corrected chi connectivity index (χ4v) is 3.43. The van der Waals surface area contributed by atoms with Crippen molar-refractivity contribution >= 4 is 32.7 Å². The number of urea groups is 1. The maximum absolute atomic E-state index is 12.4. The number of aromatic nitrogens is 2. The van der Waals surface area contributed by atoms with Crippen molar-refractivity contribution in [2.75, 3.05) is 70.8 Å². The van der Waals surface area contributed by atoms with Crippen molar-refractivity contribution in [3.05, 3.63) is 36.0 Å². The molecule has 1 aliphatic rings. The van der Waals surface area contributed by atoms with Crippen LogP contribution in [0.5, 0.6) is 0 Å². The number of likely N-dealkylation sites (N-methyl/N-ethyl adjacent to an activating group) is 2. The third-order valence-corrected chi connectivity index (χ3v) is 5.99. The molecule has 178 valence electrons. The van der Waals surface area contributed by atoms with E-state index in [1.165, 1.54) is 6.92 Å². The van der Waals surface area contributed by atoms with E-state index in [1.807, 2.05) is 19.0 Å². The first-order valence-electron chi connectivity index (χ1n) is 10.7. The molecule has 2 aromatic rings. The number of benzene rings is 1. The van der Waals surface area contributed by atoms with E-state index < -0.39 is 10.3 Å². The predicted molar refractivity (Wildman–Crippen MR) is 129 cm³/mol. The highest BCUT2D eigenvalue weighted by molar-refractivity contribution is 7.73. The van der Waals surface area contributed by atoms with Crippen LogP contribution in [0.1, 0.15) is 12.6 Å². The van der Waals surface area contributed by atoms with Gasteiger partial charge in [-0.2, -0.15) is 8.42 Å². The van der Waals surface area contributed by atoms with Crippen LogP contribution in [-0.4, -0.2) is 99.6 Å². The first-order valence-corrected chi connectivity index (χ1v) is 11.7. The number of hydrogen-bond acceptors (Lipinski definition) is 8. The summed E-state index contributed by atoms with van der Waals surface area (Å²) in [5, 5.41) is 2.87. The van der Waals surface area contributed by atoms with Gasteiger partial charge in [-0.05, 0) is 45.3 Å².